The Hall–Kier alpha value is -0.640. The molecular formula is C11H21N3S. The zero-order valence-corrected chi connectivity index (χ0v) is 10.6. The number of aliphatic imine (C=N–C) groups is 1. The maximum absolute atomic E-state index is 4.22. The highest BCUT2D eigenvalue weighted by Gasteiger charge is 2.11. The molecule has 15 heavy (non-hydrogen) atoms. The second kappa shape index (κ2) is 6.77. The highest BCUT2D eigenvalue weighted by Crippen LogP contribution is 2.08. The molecule has 0 amide bonds. The summed E-state index contributed by atoms with van der Waals surface area (Å²) in [5, 5.41) is 7.37. The molecule has 1 rings (SSSR count). The number of rotatable bonds is 4. The fourth-order valence-corrected chi connectivity index (χ4v) is 1.70. The first-order valence-corrected chi connectivity index (χ1v) is 6.70. The molecule has 2 N–H and O–H groups in total. The summed E-state index contributed by atoms with van der Waals surface area (Å²) in [4.78, 5) is 4.22. The van der Waals surface area contributed by atoms with Crippen LogP contribution in [-0.2, 0) is 0 Å². The molecular weight excluding hydrogens is 206 g/mol. The van der Waals surface area contributed by atoms with E-state index in [4.69, 9.17) is 0 Å². The molecule has 0 saturated carbocycles. The Labute approximate surface area is 96.8 Å². The molecule has 0 radical (unpaired) electrons. The molecule has 0 aromatic carbocycles. The molecule has 0 bridgehead atoms. The highest BCUT2D eigenvalue weighted by molar-refractivity contribution is 7.99. The van der Waals surface area contributed by atoms with Crippen molar-refractivity contribution in [3.8, 4) is 0 Å². The smallest absolute Gasteiger partial charge is 0.191 e. The summed E-state index contributed by atoms with van der Waals surface area (Å²) in [6, 6.07) is 0.529. The van der Waals surface area contributed by atoms with E-state index in [0.717, 1.165) is 25.3 Å². The van der Waals surface area contributed by atoms with Crippen molar-refractivity contribution in [3.05, 3.63) is 12.2 Å². The van der Waals surface area contributed by atoms with Gasteiger partial charge in [-0.05, 0) is 19.1 Å². The summed E-state index contributed by atoms with van der Waals surface area (Å²) in [5.74, 6) is 0.921. The molecule has 0 fully saturated rings. The van der Waals surface area contributed by atoms with Gasteiger partial charge < -0.3 is 10.6 Å². The fourth-order valence-electron chi connectivity index (χ4n) is 1.45. The van der Waals surface area contributed by atoms with Gasteiger partial charge in [-0.15, -0.1) is 0 Å². The van der Waals surface area contributed by atoms with E-state index in [1.54, 1.807) is 0 Å². The van der Waals surface area contributed by atoms with Crippen molar-refractivity contribution in [1.29, 1.82) is 0 Å². The maximum atomic E-state index is 4.22. The number of nitrogens with one attached hydrogen (secondary N) is 2. The lowest BCUT2D eigenvalue weighted by Gasteiger charge is -2.18. The van der Waals surface area contributed by atoms with Gasteiger partial charge >= 0.3 is 0 Å². The van der Waals surface area contributed by atoms with Gasteiger partial charge in [0.2, 0.25) is 0 Å². The SMILES string of the molecule is CN=C(NCC(C)SC)NC1CC=CC1. The second-order valence-electron chi connectivity index (χ2n) is 3.78. The normalized spacial score (nSPS) is 19.3. The second-order valence-corrected chi connectivity index (χ2v) is 5.06. The van der Waals surface area contributed by atoms with Crippen LogP contribution in [0.15, 0.2) is 17.1 Å². The van der Waals surface area contributed by atoms with E-state index in [9.17, 15) is 0 Å². The minimum absolute atomic E-state index is 0.529. The Kier molecular flexibility index (Phi) is 5.61. The zero-order valence-electron chi connectivity index (χ0n) is 9.79. The third kappa shape index (κ3) is 4.60. The van der Waals surface area contributed by atoms with Crippen LogP contribution in [-0.4, -0.2) is 37.1 Å². The molecule has 0 aliphatic heterocycles. The predicted octanol–water partition coefficient (Wildman–Crippen LogP) is 1.62. The standard InChI is InChI=1S/C11H21N3S/c1-9(15-3)8-13-11(12-2)14-10-6-4-5-7-10/h4-5,9-10H,6-8H2,1-3H3,(H2,12,13,14). The van der Waals surface area contributed by atoms with Crippen LogP contribution in [0.1, 0.15) is 19.8 Å². The lowest BCUT2D eigenvalue weighted by atomic mass is 10.2. The van der Waals surface area contributed by atoms with Crippen molar-refractivity contribution in [2.75, 3.05) is 19.8 Å². The predicted molar refractivity (Wildman–Crippen MR) is 69.6 cm³/mol. The van der Waals surface area contributed by atoms with Crippen LogP contribution in [0.25, 0.3) is 0 Å². The van der Waals surface area contributed by atoms with Crippen molar-refractivity contribution < 1.29 is 0 Å². The van der Waals surface area contributed by atoms with Crippen LogP contribution < -0.4 is 10.6 Å². The van der Waals surface area contributed by atoms with Gasteiger partial charge in [0.15, 0.2) is 5.96 Å². The molecule has 4 heteroatoms. The number of thioether (sulfide) groups is 1. The fraction of sp³-hybridized carbons (Fsp3) is 0.727. The summed E-state index contributed by atoms with van der Waals surface area (Å²) in [6.45, 7) is 3.17. The Morgan fingerprint density at radius 2 is 2.20 bits per heavy atom. The molecule has 1 aliphatic carbocycles. The lowest BCUT2D eigenvalue weighted by Crippen LogP contribution is -2.44. The van der Waals surface area contributed by atoms with Crippen molar-refractivity contribution in [2.45, 2.75) is 31.1 Å². The topological polar surface area (TPSA) is 36.4 Å². The monoisotopic (exact) mass is 227 g/mol. The van der Waals surface area contributed by atoms with Crippen molar-refractivity contribution in [2.24, 2.45) is 4.99 Å². The summed E-state index contributed by atoms with van der Waals surface area (Å²) in [5.41, 5.74) is 0. The van der Waals surface area contributed by atoms with Crippen LogP contribution >= 0.6 is 11.8 Å². The number of hydrogen-bond donors (Lipinski definition) is 2. The maximum Gasteiger partial charge on any atom is 0.191 e. The van der Waals surface area contributed by atoms with Gasteiger partial charge in [-0.25, -0.2) is 0 Å². The first-order chi connectivity index (χ1) is 7.26. The van der Waals surface area contributed by atoms with Gasteiger partial charge in [-0.2, -0.15) is 11.8 Å². The molecule has 0 heterocycles. The van der Waals surface area contributed by atoms with Crippen LogP contribution in [0.4, 0.5) is 0 Å². The molecule has 1 aliphatic rings. The zero-order chi connectivity index (χ0) is 11.1. The first-order valence-electron chi connectivity index (χ1n) is 5.41. The third-order valence-electron chi connectivity index (χ3n) is 2.53. The van der Waals surface area contributed by atoms with E-state index in [1.165, 1.54) is 0 Å². The van der Waals surface area contributed by atoms with Crippen molar-refractivity contribution in [3.63, 3.8) is 0 Å². The van der Waals surface area contributed by atoms with E-state index < -0.39 is 0 Å². The van der Waals surface area contributed by atoms with Crippen LogP contribution in [0, 0.1) is 0 Å². The quantitative estimate of drug-likeness (QED) is 0.435. The van der Waals surface area contributed by atoms with E-state index in [1.807, 2.05) is 18.8 Å². The molecule has 0 aromatic heterocycles. The first kappa shape index (κ1) is 12.4. The van der Waals surface area contributed by atoms with E-state index >= 15 is 0 Å². The molecule has 1 unspecified atom stereocenters. The van der Waals surface area contributed by atoms with Crippen molar-refractivity contribution >= 4 is 17.7 Å². The summed E-state index contributed by atoms with van der Waals surface area (Å²) < 4.78 is 0. The molecule has 3 nitrogen and oxygen atoms in total. The van der Waals surface area contributed by atoms with Gasteiger partial charge in [0.1, 0.15) is 0 Å². The number of guanidine groups is 1. The Morgan fingerprint density at radius 3 is 2.73 bits per heavy atom. The lowest BCUT2D eigenvalue weighted by molar-refractivity contribution is 0.632. The minimum Gasteiger partial charge on any atom is -0.355 e. The highest BCUT2D eigenvalue weighted by atomic mass is 32.2. The average Bonchev–Trinajstić information content (AvgIpc) is 2.76. The molecule has 0 saturated heterocycles. The Balaban J connectivity index is 2.24. The van der Waals surface area contributed by atoms with E-state index in [0.29, 0.717) is 11.3 Å². The molecule has 1 atom stereocenters. The third-order valence-corrected chi connectivity index (χ3v) is 3.50. The summed E-state index contributed by atoms with van der Waals surface area (Å²) in [7, 11) is 1.82. The van der Waals surface area contributed by atoms with Crippen LogP contribution in [0.2, 0.25) is 0 Å². The minimum atomic E-state index is 0.529. The summed E-state index contributed by atoms with van der Waals surface area (Å²) in [6.07, 6.45) is 8.78. The van der Waals surface area contributed by atoms with Gasteiger partial charge in [0, 0.05) is 24.9 Å². The van der Waals surface area contributed by atoms with Gasteiger partial charge in [-0.1, -0.05) is 19.1 Å². The number of hydrogen-bond acceptors (Lipinski definition) is 2. The summed E-state index contributed by atoms with van der Waals surface area (Å²) >= 11 is 1.86. The van der Waals surface area contributed by atoms with Crippen molar-refractivity contribution in [1.82, 2.24) is 10.6 Å². The van der Waals surface area contributed by atoms with Gasteiger partial charge in [0.05, 0.1) is 0 Å². The van der Waals surface area contributed by atoms with E-state index in [2.05, 4.69) is 41.0 Å². The number of nitrogens with zero attached hydrogens (tertiary/aromatic N) is 1. The average molecular weight is 227 g/mol. The van der Waals surface area contributed by atoms with Crippen LogP contribution in [0.3, 0.4) is 0 Å². The molecule has 86 valence electrons. The Morgan fingerprint density at radius 1 is 1.53 bits per heavy atom. The molecule has 0 aromatic rings. The molecule has 0 spiro atoms. The van der Waals surface area contributed by atoms with Gasteiger partial charge in [0.25, 0.3) is 0 Å². The van der Waals surface area contributed by atoms with Gasteiger partial charge in [-0.3, -0.25) is 4.99 Å². The Bertz CT molecular complexity index is 230. The van der Waals surface area contributed by atoms with E-state index in [-0.39, 0.29) is 0 Å². The van der Waals surface area contributed by atoms with Crippen LogP contribution in [0.5, 0.6) is 0 Å². The largest absolute Gasteiger partial charge is 0.355 e.